The minimum absolute atomic E-state index is 0.238. The van der Waals surface area contributed by atoms with Crippen LogP contribution in [-0.4, -0.2) is 44.0 Å². The summed E-state index contributed by atoms with van der Waals surface area (Å²) in [6.45, 7) is 2.15. The molecule has 0 saturated heterocycles. The van der Waals surface area contributed by atoms with Crippen molar-refractivity contribution < 1.29 is 8.42 Å². The molecule has 0 unspecified atom stereocenters. The van der Waals surface area contributed by atoms with Crippen LogP contribution in [0.5, 0.6) is 0 Å². The van der Waals surface area contributed by atoms with Gasteiger partial charge in [0.2, 0.25) is 10.0 Å². The van der Waals surface area contributed by atoms with E-state index in [1.807, 2.05) is 50.2 Å². The summed E-state index contributed by atoms with van der Waals surface area (Å²) in [6.07, 6.45) is 2.13. The van der Waals surface area contributed by atoms with E-state index in [0.717, 1.165) is 17.1 Å². The van der Waals surface area contributed by atoms with Gasteiger partial charge in [0.05, 0.1) is 4.90 Å². The molecule has 8 heteroatoms. The van der Waals surface area contributed by atoms with E-state index in [1.54, 1.807) is 30.5 Å². The second kappa shape index (κ2) is 8.45. The lowest BCUT2D eigenvalue weighted by molar-refractivity contribution is 0.581. The molecule has 28 heavy (non-hydrogen) atoms. The summed E-state index contributed by atoms with van der Waals surface area (Å²) in [5.41, 5.74) is 2.43. The van der Waals surface area contributed by atoms with Crippen LogP contribution in [0.3, 0.4) is 0 Å². The van der Waals surface area contributed by atoms with Gasteiger partial charge in [-0.2, -0.15) is 0 Å². The van der Waals surface area contributed by atoms with Crippen LogP contribution in [-0.2, 0) is 16.4 Å². The molecule has 3 aromatic rings. The van der Waals surface area contributed by atoms with Gasteiger partial charge in [-0.3, -0.25) is 4.98 Å². The van der Waals surface area contributed by atoms with E-state index in [-0.39, 0.29) is 11.4 Å². The Hall–Kier alpha value is -2.84. The molecule has 1 aromatic carbocycles. The van der Waals surface area contributed by atoms with Crippen LogP contribution in [0, 0.1) is 6.92 Å². The Bertz CT molecular complexity index is 1040. The van der Waals surface area contributed by atoms with Gasteiger partial charge >= 0.3 is 0 Å². The van der Waals surface area contributed by atoms with E-state index < -0.39 is 10.0 Å². The first-order valence-corrected chi connectivity index (χ1v) is 10.4. The Labute approximate surface area is 165 Å². The predicted octanol–water partition coefficient (Wildman–Crippen LogP) is 2.43. The second-order valence-corrected chi connectivity index (χ2v) is 8.38. The molecule has 3 rings (SSSR count). The number of pyridine rings is 1. The summed E-state index contributed by atoms with van der Waals surface area (Å²) >= 11 is 0. The monoisotopic (exact) mass is 397 g/mol. The summed E-state index contributed by atoms with van der Waals surface area (Å²) < 4.78 is 27.5. The first-order chi connectivity index (χ1) is 13.3. The second-order valence-electron chi connectivity index (χ2n) is 6.61. The summed E-state index contributed by atoms with van der Waals surface area (Å²) in [5.74, 6) is 1.26. The predicted molar refractivity (Wildman–Crippen MR) is 110 cm³/mol. The largest absolute Gasteiger partial charge is 0.363 e. The summed E-state index contributed by atoms with van der Waals surface area (Å²) in [5, 5.41) is 0. The first kappa shape index (κ1) is 19.9. The van der Waals surface area contributed by atoms with Crippen LogP contribution in [0.1, 0.15) is 11.3 Å². The highest BCUT2D eigenvalue weighted by Crippen LogP contribution is 2.18. The molecule has 2 aromatic heterocycles. The third-order valence-corrected chi connectivity index (χ3v) is 5.60. The molecule has 7 nitrogen and oxygen atoms in total. The average molecular weight is 398 g/mol. The number of aryl methyl sites for hydroxylation is 1. The Morgan fingerprint density at radius 1 is 1.04 bits per heavy atom. The third-order valence-electron chi connectivity index (χ3n) is 4.12. The van der Waals surface area contributed by atoms with Gasteiger partial charge in [0, 0.05) is 45.0 Å². The van der Waals surface area contributed by atoms with Gasteiger partial charge in [0.1, 0.15) is 11.5 Å². The molecule has 0 aliphatic rings. The number of nitrogens with one attached hydrogen (secondary N) is 1. The van der Waals surface area contributed by atoms with Gasteiger partial charge in [-0.05, 0) is 31.2 Å². The van der Waals surface area contributed by atoms with Gasteiger partial charge < -0.3 is 4.90 Å². The lowest BCUT2D eigenvalue weighted by Crippen LogP contribution is -2.26. The molecule has 0 spiro atoms. The van der Waals surface area contributed by atoms with Crippen molar-refractivity contribution in [1.29, 1.82) is 0 Å². The van der Waals surface area contributed by atoms with Gasteiger partial charge in [-0.1, -0.05) is 23.8 Å². The topological polar surface area (TPSA) is 88.1 Å². The van der Waals surface area contributed by atoms with Gasteiger partial charge in [-0.25, -0.2) is 23.1 Å². The number of anilines is 1. The third kappa shape index (κ3) is 4.90. The van der Waals surface area contributed by atoms with Crippen molar-refractivity contribution in [3.05, 3.63) is 66.0 Å². The highest BCUT2D eigenvalue weighted by atomic mass is 32.2. The van der Waals surface area contributed by atoms with Crippen molar-refractivity contribution in [1.82, 2.24) is 19.7 Å². The zero-order valence-corrected chi connectivity index (χ0v) is 16.9. The first-order valence-electron chi connectivity index (χ1n) is 8.88. The summed E-state index contributed by atoms with van der Waals surface area (Å²) in [7, 11) is 0.242. The van der Waals surface area contributed by atoms with Crippen LogP contribution >= 0.6 is 0 Å². The molecule has 0 fully saturated rings. The van der Waals surface area contributed by atoms with Crippen molar-refractivity contribution in [3.8, 4) is 11.5 Å². The molecule has 0 amide bonds. The quantitative estimate of drug-likeness (QED) is 0.659. The zero-order chi connectivity index (χ0) is 20.1. The van der Waals surface area contributed by atoms with Crippen molar-refractivity contribution in [2.45, 2.75) is 18.2 Å². The van der Waals surface area contributed by atoms with Crippen LogP contribution < -0.4 is 9.62 Å². The molecule has 0 aliphatic heterocycles. The van der Waals surface area contributed by atoms with Crippen LogP contribution in [0.4, 0.5) is 5.82 Å². The minimum Gasteiger partial charge on any atom is -0.363 e. The average Bonchev–Trinajstić information content (AvgIpc) is 2.68. The number of sulfonamides is 1. The Balaban J connectivity index is 1.76. The van der Waals surface area contributed by atoms with Crippen molar-refractivity contribution in [2.75, 3.05) is 25.5 Å². The molecular weight excluding hydrogens is 374 g/mol. The summed E-state index contributed by atoms with van der Waals surface area (Å²) in [6, 6.07) is 14.2. The highest BCUT2D eigenvalue weighted by molar-refractivity contribution is 7.89. The van der Waals surface area contributed by atoms with E-state index in [2.05, 4.69) is 19.7 Å². The van der Waals surface area contributed by atoms with Gasteiger partial charge in [0.25, 0.3) is 0 Å². The van der Waals surface area contributed by atoms with E-state index >= 15 is 0 Å². The molecule has 1 N–H and O–H groups in total. The van der Waals surface area contributed by atoms with Crippen LogP contribution in [0.25, 0.3) is 11.5 Å². The fourth-order valence-electron chi connectivity index (χ4n) is 2.56. The fraction of sp³-hybridized carbons (Fsp3) is 0.250. The number of aromatic nitrogens is 3. The van der Waals surface area contributed by atoms with E-state index in [1.165, 1.54) is 0 Å². The molecule has 0 atom stereocenters. The van der Waals surface area contributed by atoms with Gasteiger partial charge in [0.15, 0.2) is 5.82 Å². The maximum Gasteiger partial charge on any atom is 0.240 e. The maximum absolute atomic E-state index is 12.4. The Morgan fingerprint density at radius 2 is 1.79 bits per heavy atom. The Morgan fingerprint density at radius 3 is 2.43 bits per heavy atom. The molecule has 0 bridgehead atoms. The number of rotatable bonds is 7. The standard InChI is InChI=1S/C20H23N5O2S/c1-15-7-9-17(10-8-15)28(26,27)22-13-11-16-14-19(25(2)3)24-20(23-16)18-6-4-5-12-21-18/h4-10,12,14,22H,11,13H2,1-3H3. The van der Waals surface area contributed by atoms with Crippen LogP contribution in [0.2, 0.25) is 0 Å². The van der Waals surface area contributed by atoms with Crippen molar-refractivity contribution in [2.24, 2.45) is 0 Å². The summed E-state index contributed by atoms with van der Waals surface area (Å²) in [4.78, 5) is 15.5. The SMILES string of the molecule is Cc1ccc(S(=O)(=O)NCCc2cc(N(C)C)nc(-c3ccccn3)n2)cc1. The molecule has 0 aliphatic carbocycles. The number of hydrogen-bond donors (Lipinski definition) is 1. The number of nitrogens with zero attached hydrogens (tertiary/aromatic N) is 4. The molecule has 0 saturated carbocycles. The normalized spacial score (nSPS) is 11.4. The van der Waals surface area contributed by atoms with E-state index in [0.29, 0.717) is 17.9 Å². The van der Waals surface area contributed by atoms with Crippen molar-refractivity contribution in [3.63, 3.8) is 0 Å². The van der Waals surface area contributed by atoms with E-state index in [9.17, 15) is 8.42 Å². The Kier molecular flexibility index (Phi) is 6.01. The van der Waals surface area contributed by atoms with E-state index in [4.69, 9.17) is 0 Å². The molecular formula is C20H23N5O2S. The minimum atomic E-state index is -3.55. The zero-order valence-electron chi connectivity index (χ0n) is 16.1. The van der Waals surface area contributed by atoms with Crippen LogP contribution in [0.15, 0.2) is 59.6 Å². The maximum atomic E-state index is 12.4. The lowest BCUT2D eigenvalue weighted by atomic mass is 10.2. The number of hydrogen-bond acceptors (Lipinski definition) is 6. The smallest absolute Gasteiger partial charge is 0.240 e. The molecule has 2 heterocycles. The molecule has 0 radical (unpaired) electrons. The van der Waals surface area contributed by atoms with Gasteiger partial charge in [-0.15, -0.1) is 0 Å². The molecule has 146 valence electrons. The lowest BCUT2D eigenvalue weighted by Gasteiger charge is -2.14. The number of benzene rings is 1. The van der Waals surface area contributed by atoms with Crippen molar-refractivity contribution >= 4 is 15.8 Å². The highest BCUT2D eigenvalue weighted by Gasteiger charge is 2.14. The fourth-order valence-corrected chi connectivity index (χ4v) is 3.60.